The summed E-state index contributed by atoms with van der Waals surface area (Å²) in [5, 5.41) is 5.26. The first kappa shape index (κ1) is 14.9. The zero-order valence-electron chi connectivity index (χ0n) is 11.5. The summed E-state index contributed by atoms with van der Waals surface area (Å²) >= 11 is 0. The summed E-state index contributed by atoms with van der Waals surface area (Å²) in [6.07, 6.45) is 3.17. The third-order valence-corrected chi connectivity index (χ3v) is 2.73. The fourth-order valence-corrected chi connectivity index (χ4v) is 1.67. The van der Waals surface area contributed by atoms with Crippen molar-refractivity contribution in [3.63, 3.8) is 0 Å². The molecule has 0 aliphatic heterocycles. The molecule has 0 aliphatic rings. The van der Waals surface area contributed by atoms with Crippen LogP contribution in [0.5, 0.6) is 0 Å². The van der Waals surface area contributed by atoms with Gasteiger partial charge in [0.15, 0.2) is 0 Å². The molecule has 0 saturated heterocycles. The Labute approximate surface area is 113 Å². The molecule has 6 heteroatoms. The number of pyridine rings is 1. The molecule has 0 fully saturated rings. The highest BCUT2D eigenvalue weighted by atomic mass is 16.2. The summed E-state index contributed by atoms with van der Waals surface area (Å²) in [4.78, 5) is 29.2. The second-order valence-corrected chi connectivity index (χ2v) is 4.07. The SMILES string of the molecule is CCN(CC)C(=O)[C@@H](C)NC(=O)Nc1ccncc1. The molecular weight excluding hydrogens is 244 g/mol. The molecule has 1 atom stereocenters. The Balaban J connectivity index is 2.50. The van der Waals surface area contributed by atoms with E-state index >= 15 is 0 Å². The van der Waals surface area contributed by atoms with Crippen LogP contribution in [0.3, 0.4) is 0 Å². The molecule has 104 valence electrons. The van der Waals surface area contributed by atoms with Crippen LogP contribution in [0.1, 0.15) is 20.8 Å². The number of urea groups is 1. The van der Waals surface area contributed by atoms with E-state index in [1.165, 1.54) is 0 Å². The normalized spacial score (nSPS) is 11.5. The van der Waals surface area contributed by atoms with Crippen molar-refractivity contribution in [3.8, 4) is 0 Å². The summed E-state index contributed by atoms with van der Waals surface area (Å²) in [6, 6.07) is 2.40. The smallest absolute Gasteiger partial charge is 0.319 e. The van der Waals surface area contributed by atoms with Crippen LogP contribution in [-0.2, 0) is 4.79 Å². The maximum absolute atomic E-state index is 12.0. The first-order valence-corrected chi connectivity index (χ1v) is 6.34. The molecule has 0 unspecified atom stereocenters. The summed E-state index contributed by atoms with van der Waals surface area (Å²) in [5.41, 5.74) is 0.634. The second-order valence-electron chi connectivity index (χ2n) is 4.07. The predicted octanol–water partition coefficient (Wildman–Crippen LogP) is 1.46. The van der Waals surface area contributed by atoms with E-state index in [1.807, 2.05) is 13.8 Å². The molecule has 2 N–H and O–H groups in total. The van der Waals surface area contributed by atoms with Gasteiger partial charge in [-0.1, -0.05) is 0 Å². The van der Waals surface area contributed by atoms with Gasteiger partial charge in [0.1, 0.15) is 6.04 Å². The minimum atomic E-state index is -0.554. The van der Waals surface area contributed by atoms with Gasteiger partial charge in [-0.05, 0) is 32.9 Å². The van der Waals surface area contributed by atoms with Gasteiger partial charge in [0.05, 0.1) is 0 Å². The number of amides is 3. The molecule has 0 saturated carbocycles. The van der Waals surface area contributed by atoms with Crippen molar-refractivity contribution < 1.29 is 9.59 Å². The van der Waals surface area contributed by atoms with E-state index in [0.717, 1.165) is 0 Å². The summed E-state index contributed by atoms with van der Waals surface area (Å²) in [5.74, 6) is -0.0881. The zero-order valence-corrected chi connectivity index (χ0v) is 11.5. The highest BCUT2D eigenvalue weighted by Crippen LogP contribution is 2.03. The summed E-state index contributed by atoms with van der Waals surface area (Å²) in [6.45, 7) is 6.75. The lowest BCUT2D eigenvalue weighted by Crippen LogP contribution is -2.48. The van der Waals surface area contributed by atoms with Crippen LogP contribution in [0.25, 0.3) is 0 Å². The molecule has 0 bridgehead atoms. The molecule has 19 heavy (non-hydrogen) atoms. The minimum absolute atomic E-state index is 0.0881. The first-order valence-electron chi connectivity index (χ1n) is 6.34. The maximum Gasteiger partial charge on any atom is 0.319 e. The van der Waals surface area contributed by atoms with Gasteiger partial charge >= 0.3 is 6.03 Å². The largest absolute Gasteiger partial charge is 0.341 e. The van der Waals surface area contributed by atoms with Gasteiger partial charge in [-0.2, -0.15) is 0 Å². The number of nitrogens with one attached hydrogen (secondary N) is 2. The summed E-state index contributed by atoms with van der Waals surface area (Å²) in [7, 11) is 0. The van der Waals surface area contributed by atoms with E-state index in [4.69, 9.17) is 0 Å². The second kappa shape index (κ2) is 7.35. The third-order valence-electron chi connectivity index (χ3n) is 2.73. The monoisotopic (exact) mass is 264 g/mol. The van der Waals surface area contributed by atoms with E-state index in [-0.39, 0.29) is 5.91 Å². The number of hydrogen-bond acceptors (Lipinski definition) is 3. The Kier molecular flexibility index (Phi) is 5.78. The Morgan fingerprint density at radius 1 is 1.26 bits per heavy atom. The van der Waals surface area contributed by atoms with Gasteiger partial charge in [0.25, 0.3) is 0 Å². The Morgan fingerprint density at radius 2 is 1.84 bits per heavy atom. The molecule has 0 aromatic carbocycles. The minimum Gasteiger partial charge on any atom is -0.341 e. The molecular formula is C13H20N4O2. The zero-order chi connectivity index (χ0) is 14.3. The lowest BCUT2D eigenvalue weighted by Gasteiger charge is -2.23. The van der Waals surface area contributed by atoms with Gasteiger partial charge in [-0.3, -0.25) is 9.78 Å². The standard InChI is InChI=1S/C13H20N4O2/c1-4-17(5-2)12(18)10(3)15-13(19)16-11-6-8-14-9-7-11/h6-10H,4-5H2,1-3H3,(H2,14,15,16,19)/t10-/m1/s1. The molecule has 1 heterocycles. The van der Waals surface area contributed by atoms with E-state index in [2.05, 4.69) is 15.6 Å². The fourth-order valence-electron chi connectivity index (χ4n) is 1.67. The van der Waals surface area contributed by atoms with Crippen molar-refractivity contribution in [2.24, 2.45) is 0 Å². The first-order chi connectivity index (χ1) is 9.08. The van der Waals surface area contributed by atoms with Crippen LogP contribution in [0.2, 0.25) is 0 Å². The van der Waals surface area contributed by atoms with Gasteiger partial charge in [-0.15, -0.1) is 0 Å². The van der Waals surface area contributed by atoms with Crippen molar-refractivity contribution in [1.29, 1.82) is 0 Å². The van der Waals surface area contributed by atoms with Crippen molar-refractivity contribution in [2.45, 2.75) is 26.8 Å². The fraction of sp³-hybridized carbons (Fsp3) is 0.462. The van der Waals surface area contributed by atoms with Gasteiger partial charge in [0, 0.05) is 31.2 Å². The van der Waals surface area contributed by atoms with Gasteiger partial charge in [-0.25, -0.2) is 4.79 Å². The molecule has 0 radical (unpaired) electrons. The Hall–Kier alpha value is -2.11. The average molecular weight is 264 g/mol. The number of carbonyl (C=O) groups is 2. The lowest BCUT2D eigenvalue weighted by molar-refractivity contribution is -0.132. The Bertz CT molecular complexity index is 418. The lowest BCUT2D eigenvalue weighted by atomic mass is 10.3. The molecule has 1 aromatic rings. The number of hydrogen-bond donors (Lipinski definition) is 2. The van der Waals surface area contributed by atoms with Crippen LogP contribution in [0.4, 0.5) is 10.5 Å². The number of likely N-dealkylation sites (N-methyl/N-ethyl adjacent to an activating group) is 1. The molecule has 1 aromatic heterocycles. The van der Waals surface area contributed by atoms with Crippen molar-refractivity contribution in [1.82, 2.24) is 15.2 Å². The van der Waals surface area contributed by atoms with Crippen molar-refractivity contribution >= 4 is 17.6 Å². The predicted molar refractivity (Wildman–Crippen MR) is 73.8 cm³/mol. The third kappa shape index (κ3) is 4.57. The molecule has 1 rings (SSSR count). The summed E-state index contributed by atoms with van der Waals surface area (Å²) < 4.78 is 0. The quantitative estimate of drug-likeness (QED) is 0.845. The van der Waals surface area contributed by atoms with E-state index in [0.29, 0.717) is 18.8 Å². The number of anilines is 1. The van der Waals surface area contributed by atoms with Gasteiger partial charge < -0.3 is 15.5 Å². The number of nitrogens with zero attached hydrogens (tertiary/aromatic N) is 2. The Morgan fingerprint density at radius 3 is 2.37 bits per heavy atom. The van der Waals surface area contributed by atoms with Crippen LogP contribution < -0.4 is 10.6 Å². The number of aromatic nitrogens is 1. The highest BCUT2D eigenvalue weighted by molar-refractivity contribution is 5.93. The molecule has 6 nitrogen and oxygen atoms in total. The van der Waals surface area contributed by atoms with Crippen LogP contribution in [-0.4, -0.2) is 41.0 Å². The van der Waals surface area contributed by atoms with E-state index in [9.17, 15) is 9.59 Å². The number of carbonyl (C=O) groups excluding carboxylic acids is 2. The number of rotatable bonds is 5. The van der Waals surface area contributed by atoms with Gasteiger partial charge in [0.2, 0.25) is 5.91 Å². The molecule has 0 spiro atoms. The molecule has 0 aliphatic carbocycles. The van der Waals surface area contributed by atoms with Crippen LogP contribution >= 0.6 is 0 Å². The van der Waals surface area contributed by atoms with E-state index < -0.39 is 12.1 Å². The highest BCUT2D eigenvalue weighted by Gasteiger charge is 2.19. The molecule has 3 amide bonds. The topological polar surface area (TPSA) is 74.3 Å². The van der Waals surface area contributed by atoms with Crippen LogP contribution in [0.15, 0.2) is 24.5 Å². The van der Waals surface area contributed by atoms with Crippen LogP contribution in [0, 0.1) is 0 Å². The average Bonchev–Trinajstić information content (AvgIpc) is 2.40. The van der Waals surface area contributed by atoms with E-state index in [1.54, 1.807) is 36.4 Å². The van der Waals surface area contributed by atoms with Crippen molar-refractivity contribution in [2.75, 3.05) is 18.4 Å². The van der Waals surface area contributed by atoms with Crippen molar-refractivity contribution in [3.05, 3.63) is 24.5 Å². The maximum atomic E-state index is 12.0.